The Morgan fingerprint density at radius 1 is 1.65 bits per heavy atom. The second-order valence-corrected chi connectivity index (χ2v) is 5.12. The first-order valence-corrected chi connectivity index (χ1v) is 5.80. The third-order valence-electron chi connectivity index (χ3n) is 2.48. The van der Waals surface area contributed by atoms with E-state index in [1.54, 1.807) is 20.8 Å². The van der Waals surface area contributed by atoms with Crippen molar-refractivity contribution in [3.8, 4) is 0 Å². The number of nitrogens with two attached hydrogens (primary N) is 1. The summed E-state index contributed by atoms with van der Waals surface area (Å²) in [6.07, 6.45) is -1.22. The average Bonchev–Trinajstić information content (AvgIpc) is 2.25. The van der Waals surface area contributed by atoms with Crippen LogP contribution in [0.2, 0.25) is 0 Å². The fraction of sp³-hybridized carbons (Fsp3) is 0.909. The standard InChI is InChI=1S/C11H22N2O4/c1-11(2,3)17-10(15)13-4-5-16-7-8(13)9(14)6-12/h8-9,14H,4-7,12H2,1-3H3/t8?,9-/m0/s1. The summed E-state index contributed by atoms with van der Waals surface area (Å²) in [6.45, 7) is 6.66. The summed E-state index contributed by atoms with van der Waals surface area (Å²) in [6, 6.07) is -0.427. The van der Waals surface area contributed by atoms with Crippen molar-refractivity contribution in [3.05, 3.63) is 0 Å². The summed E-state index contributed by atoms with van der Waals surface area (Å²) in [4.78, 5) is 13.4. The zero-order valence-electron chi connectivity index (χ0n) is 10.7. The molecule has 0 saturated carbocycles. The van der Waals surface area contributed by atoms with Crippen LogP contribution in [0.5, 0.6) is 0 Å². The minimum absolute atomic E-state index is 0.0906. The van der Waals surface area contributed by atoms with E-state index in [9.17, 15) is 9.90 Å². The zero-order chi connectivity index (χ0) is 13.1. The summed E-state index contributed by atoms with van der Waals surface area (Å²) in [5, 5.41) is 9.75. The van der Waals surface area contributed by atoms with Crippen LogP contribution in [0.15, 0.2) is 0 Å². The molecule has 0 bridgehead atoms. The zero-order valence-corrected chi connectivity index (χ0v) is 10.7. The van der Waals surface area contributed by atoms with Gasteiger partial charge in [0.25, 0.3) is 0 Å². The lowest BCUT2D eigenvalue weighted by Crippen LogP contribution is -2.56. The molecular weight excluding hydrogens is 224 g/mol. The van der Waals surface area contributed by atoms with E-state index in [-0.39, 0.29) is 13.2 Å². The maximum Gasteiger partial charge on any atom is 0.410 e. The molecule has 1 unspecified atom stereocenters. The molecule has 1 saturated heterocycles. The Hall–Kier alpha value is -0.850. The van der Waals surface area contributed by atoms with Gasteiger partial charge in [-0.2, -0.15) is 0 Å². The number of nitrogens with zero attached hydrogens (tertiary/aromatic N) is 1. The number of hydrogen-bond acceptors (Lipinski definition) is 5. The number of hydrogen-bond donors (Lipinski definition) is 2. The first-order chi connectivity index (χ1) is 7.85. The van der Waals surface area contributed by atoms with Crippen molar-refractivity contribution in [2.45, 2.75) is 38.5 Å². The van der Waals surface area contributed by atoms with Crippen LogP contribution >= 0.6 is 0 Å². The number of ether oxygens (including phenoxy) is 2. The summed E-state index contributed by atoms with van der Waals surface area (Å²) in [5.41, 5.74) is 4.86. The van der Waals surface area contributed by atoms with Crippen LogP contribution in [0.4, 0.5) is 4.79 Å². The van der Waals surface area contributed by atoms with Crippen molar-refractivity contribution in [2.24, 2.45) is 5.73 Å². The SMILES string of the molecule is CC(C)(C)OC(=O)N1CCOCC1[C@@H](O)CN. The van der Waals surface area contributed by atoms with Gasteiger partial charge in [0.05, 0.1) is 25.4 Å². The molecule has 1 aliphatic heterocycles. The van der Waals surface area contributed by atoms with Gasteiger partial charge in [-0.15, -0.1) is 0 Å². The molecule has 0 aromatic heterocycles. The van der Waals surface area contributed by atoms with E-state index >= 15 is 0 Å². The Morgan fingerprint density at radius 3 is 2.82 bits per heavy atom. The van der Waals surface area contributed by atoms with Gasteiger partial charge in [-0.3, -0.25) is 4.90 Å². The number of rotatable bonds is 2. The maximum atomic E-state index is 11.9. The van der Waals surface area contributed by atoms with E-state index in [4.69, 9.17) is 15.2 Å². The topological polar surface area (TPSA) is 85.0 Å². The lowest BCUT2D eigenvalue weighted by atomic mass is 10.1. The molecule has 3 N–H and O–H groups in total. The van der Waals surface area contributed by atoms with Crippen LogP contribution in [-0.2, 0) is 9.47 Å². The molecule has 1 amide bonds. The van der Waals surface area contributed by atoms with E-state index < -0.39 is 23.8 Å². The van der Waals surface area contributed by atoms with Crippen molar-refractivity contribution >= 4 is 6.09 Å². The van der Waals surface area contributed by atoms with Crippen LogP contribution in [0.1, 0.15) is 20.8 Å². The number of aliphatic hydroxyl groups is 1. The van der Waals surface area contributed by atoms with Crippen molar-refractivity contribution in [3.63, 3.8) is 0 Å². The molecule has 1 rings (SSSR count). The summed E-state index contributed by atoms with van der Waals surface area (Å²) in [5.74, 6) is 0. The lowest BCUT2D eigenvalue weighted by molar-refractivity contribution is -0.0641. The second kappa shape index (κ2) is 5.66. The van der Waals surface area contributed by atoms with E-state index in [2.05, 4.69) is 0 Å². The average molecular weight is 246 g/mol. The van der Waals surface area contributed by atoms with Gasteiger partial charge >= 0.3 is 6.09 Å². The molecule has 1 aliphatic rings. The van der Waals surface area contributed by atoms with Gasteiger partial charge in [-0.1, -0.05) is 0 Å². The van der Waals surface area contributed by atoms with Crippen molar-refractivity contribution in [1.82, 2.24) is 4.90 Å². The first kappa shape index (κ1) is 14.2. The van der Waals surface area contributed by atoms with Gasteiger partial charge in [0.2, 0.25) is 0 Å². The van der Waals surface area contributed by atoms with Gasteiger partial charge in [0.15, 0.2) is 0 Å². The molecule has 6 nitrogen and oxygen atoms in total. The number of carbonyl (C=O) groups is 1. The quantitative estimate of drug-likeness (QED) is 0.713. The van der Waals surface area contributed by atoms with E-state index in [1.165, 1.54) is 4.90 Å². The minimum atomic E-state index is -0.789. The Balaban J connectivity index is 2.67. The Labute approximate surface area is 102 Å². The van der Waals surface area contributed by atoms with Crippen molar-refractivity contribution in [1.29, 1.82) is 0 Å². The predicted molar refractivity (Wildman–Crippen MR) is 62.6 cm³/mol. The molecule has 0 radical (unpaired) electrons. The summed E-state index contributed by atoms with van der Waals surface area (Å²) < 4.78 is 10.5. The van der Waals surface area contributed by atoms with Crippen LogP contribution in [0.3, 0.4) is 0 Å². The third kappa shape index (κ3) is 4.14. The molecule has 1 heterocycles. The first-order valence-electron chi connectivity index (χ1n) is 5.80. The van der Waals surface area contributed by atoms with Crippen molar-refractivity contribution in [2.75, 3.05) is 26.3 Å². The summed E-state index contributed by atoms with van der Waals surface area (Å²) in [7, 11) is 0. The smallest absolute Gasteiger partial charge is 0.410 e. The van der Waals surface area contributed by atoms with Gasteiger partial charge in [0.1, 0.15) is 5.60 Å². The Bertz CT molecular complexity index is 265. The number of amides is 1. The van der Waals surface area contributed by atoms with Crippen LogP contribution in [0.25, 0.3) is 0 Å². The minimum Gasteiger partial charge on any atom is -0.444 e. The molecule has 17 heavy (non-hydrogen) atoms. The second-order valence-electron chi connectivity index (χ2n) is 5.12. The Kier molecular flexibility index (Phi) is 4.73. The number of carbonyl (C=O) groups excluding carboxylic acids is 1. The third-order valence-corrected chi connectivity index (χ3v) is 2.48. The largest absolute Gasteiger partial charge is 0.444 e. The number of morpholine rings is 1. The van der Waals surface area contributed by atoms with Gasteiger partial charge < -0.3 is 20.3 Å². The van der Waals surface area contributed by atoms with Crippen LogP contribution < -0.4 is 5.73 Å². The van der Waals surface area contributed by atoms with Gasteiger partial charge in [-0.05, 0) is 20.8 Å². The molecule has 0 spiro atoms. The van der Waals surface area contributed by atoms with Crippen LogP contribution in [-0.4, -0.2) is 60.1 Å². The Morgan fingerprint density at radius 2 is 2.29 bits per heavy atom. The highest BCUT2D eigenvalue weighted by atomic mass is 16.6. The highest BCUT2D eigenvalue weighted by Crippen LogP contribution is 2.16. The summed E-state index contributed by atoms with van der Waals surface area (Å²) >= 11 is 0. The number of aliphatic hydroxyl groups excluding tert-OH is 1. The molecule has 0 aromatic rings. The molecule has 1 fully saturated rings. The molecule has 2 atom stereocenters. The lowest BCUT2D eigenvalue weighted by Gasteiger charge is -2.38. The van der Waals surface area contributed by atoms with Gasteiger partial charge in [0, 0.05) is 13.1 Å². The normalized spacial score (nSPS) is 23.4. The molecule has 0 aromatic carbocycles. The molecule has 0 aliphatic carbocycles. The molecule has 6 heteroatoms. The monoisotopic (exact) mass is 246 g/mol. The van der Waals surface area contributed by atoms with E-state index in [1.807, 2.05) is 0 Å². The molecule has 100 valence electrons. The van der Waals surface area contributed by atoms with Crippen LogP contribution in [0, 0.1) is 0 Å². The van der Waals surface area contributed by atoms with E-state index in [0.29, 0.717) is 13.2 Å². The highest BCUT2D eigenvalue weighted by Gasteiger charge is 2.34. The van der Waals surface area contributed by atoms with Gasteiger partial charge in [-0.25, -0.2) is 4.79 Å². The maximum absolute atomic E-state index is 11.9. The fourth-order valence-corrected chi connectivity index (χ4v) is 1.65. The van der Waals surface area contributed by atoms with Crippen molar-refractivity contribution < 1.29 is 19.4 Å². The highest BCUT2D eigenvalue weighted by molar-refractivity contribution is 5.68. The van der Waals surface area contributed by atoms with E-state index in [0.717, 1.165) is 0 Å². The predicted octanol–water partition coefficient (Wildman–Crippen LogP) is -0.0581. The molecular formula is C11H22N2O4. The fourth-order valence-electron chi connectivity index (χ4n) is 1.65.